The number of piperidine rings is 1. The van der Waals surface area contributed by atoms with Crippen LogP contribution in [0.3, 0.4) is 0 Å². The Morgan fingerprint density at radius 2 is 2.07 bits per heavy atom. The standard InChI is InChI=1S/C19H36N6O.HI/c1-4-20-19(22-9-5-6-11-25-14-10-21-17(25)2)23-18-7-12-24(13-8-18)15-16-26-3;/h10,14,18H,4-9,11-13,15-16H2,1-3H3,(H2,20,22,23);1H. The van der Waals surface area contributed by atoms with E-state index >= 15 is 0 Å². The number of nitrogens with zero attached hydrogens (tertiary/aromatic N) is 4. The summed E-state index contributed by atoms with van der Waals surface area (Å²) < 4.78 is 7.37. The van der Waals surface area contributed by atoms with Crippen molar-refractivity contribution in [3.63, 3.8) is 0 Å². The van der Waals surface area contributed by atoms with Crippen LogP contribution in [-0.4, -0.2) is 72.9 Å². The van der Waals surface area contributed by atoms with Gasteiger partial charge in [0.2, 0.25) is 0 Å². The summed E-state index contributed by atoms with van der Waals surface area (Å²) in [5.41, 5.74) is 0. The number of hydrogen-bond acceptors (Lipinski definition) is 4. The second-order valence-corrected chi connectivity index (χ2v) is 6.89. The number of imidazole rings is 1. The van der Waals surface area contributed by atoms with E-state index in [2.05, 4.69) is 32.0 Å². The Hall–Kier alpha value is -0.870. The summed E-state index contributed by atoms with van der Waals surface area (Å²) in [5.74, 6) is 2.04. The predicted octanol–water partition coefficient (Wildman–Crippen LogP) is 2.26. The van der Waals surface area contributed by atoms with Crippen LogP contribution in [0.15, 0.2) is 17.4 Å². The van der Waals surface area contributed by atoms with Crippen LogP contribution in [0.25, 0.3) is 0 Å². The van der Waals surface area contributed by atoms with Gasteiger partial charge in [-0.05, 0) is 39.5 Å². The summed E-state index contributed by atoms with van der Waals surface area (Å²) in [4.78, 5) is 11.5. The van der Waals surface area contributed by atoms with E-state index in [1.807, 2.05) is 19.3 Å². The van der Waals surface area contributed by atoms with Crippen molar-refractivity contribution in [1.82, 2.24) is 25.1 Å². The lowest BCUT2D eigenvalue weighted by Gasteiger charge is -2.32. The Kier molecular flexibility index (Phi) is 12.7. The molecule has 1 fully saturated rings. The molecule has 0 unspecified atom stereocenters. The first-order valence-electron chi connectivity index (χ1n) is 9.96. The second kappa shape index (κ2) is 14.2. The van der Waals surface area contributed by atoms with Crippen LogP contribution < -0.4 is 10.6 Å². The third-order valence-corrected chi connectivity index (χ3v) is 4.88. The third kappa shape index (κ3) is 9.25. The van der Waals surface area contributed by atoms with E-state index in [0.29, 0.717) is 6.04 Å². The van der Waals surface area contributed by atoms with Gasteiger partial charge in [0.15, 0.2) is 5.96 Å². The summed E-state index contributed by atoms with van der Waals surface area (Å²) in [7, 11) is 1.77. The molecule has 0 aliphatic carbocycles. The first-order chi connectivity index (χ1) is 12.7. The molecule has 27 heavy (non-hydrogen) atoms. The van der Waals surface area contributed by atoms with Crippen molar-refractivity contribution in [2.24, 2.45) is 4.99 Å². The summed E-state index contributed by atoms with van der Waals surface area (Å²) in [6.07, 6.45) is 8.44. The topological polar surface area (TPSA) is 66.7 Å². The largest absolute Gasteiger partial charge is 0.383 e. The van der Waals surface area contributed by atoms with Crippen LogP contribution in [0.4, 0.5) is 0 Å². The number of unbranched alkanes of at least 4 members (excludes halogenated alkanes) is 1. The van der Waals surface area contributed by atoms with Gasteiger partial charge in [0.25, 0.3) is 0 Å². The molecule has 1 saturated heterocycles. The molecule has 0 atom stereocenters. The first-order valence-corrected chi connectivity index (χ1v) is 9.96. The highest BCUT2D eigenvalue weighted by Crippen LogP contribution is 2.10. The summed E-state index contributed by atoms with van der Waals surface area (Å²) >= 11 is 0. The van der Waals surface area contributed by atoms with E-state index in [-0.39, 0.29) is 24.0 Å². The van der Waals surface area contributed by atoms with Crippen LogP contribution in [0.1, 0.15) is 38.4 Å². The third-order valence-electron chi connectivity index (χ3n) is 4.88. The van der Waals surface area contributed by atoms with Gasteiger partial charge in [0.1, 0.15) is 5.82 Å². The van der Waals surface area contributed by atoms with Gasteiger partial charge in [-0.25, -0.2) is 4.98 Å². The minimum absolute atomic E-state index is 0. The molecule has 1 aromatic rings. The molecule has 0 spiro atoms. The molecule has 7 nitrogen and oxygen atoms in total. The Balaban J connectivity index is 0.00000364. The second-order valence-electron chi connectivity index (χ2n) is 6.89. The predicted molar refractivity (Wildman–Crippen MR) is 122 cm³/mol. The number of aryl methyl sites for hydroxylation is 2. The Morgan fingerprint density at radius 1 is 1.30 bits per heavy atom. The molecule has 2 heterocycles. The van der Waals surface area contributed by atoms with Crippen molar-refractivity contribution in [2.45, 2.75) is 52.1 Å². The number of nitrogens with one attached hydrogen (secondary N) is 2. The van der Waals surface area contributed by atoms with Gasteiger partial charge in [-0.1, -0.05) is 0 Å². The minimum atomic E-state index is 0. The van der Waals surface area contributed by atoms with Crippen molar-refractivity contribution < 1.29 is 4.74 Å². The van der Waals surface area contributed by atoms with Gasteiger partial charge in [-0.15, -0.1) is 24.0 Å². The lowest BCUT2D eigenvalue weighted by atomic mass is 10.1. The van der Waals surface area contributed by atoms with Crippen molar-refractivity contribution in [3.05, 3.63) is 18.2 Å². The number of halogens is 1. The van der Waals surface area contributed by atoms with Crippen LogP contribution in [0.5, 0.6) is 0 Å². The molecule has 0 bridgehead atoms. The molecule has 0 saturated carbocycles. The highest BCUT2D eigenvalue weighted by molar-refractivity contribution is 14.0. The number of rotatable bonds is 10. The number of guanidine groups is 1. The molecule has 2 rings (SSSR count). The van der Waals surface area contributed by atoms with Crippen LogP contribution in [-0.2, 0) is 11.3 Å². The summed E-state index contributed by atoms with van der Waals surface area (Å²) in [6, 6.07) is 0.514. The SMILES string of the molecule is CCNC(=NCCCCn1ccnc1C)NC1CCN(CCOC)CC1.I. The van der Waals surface area contributed by atoms with Gasteiger partial charge in [-0.2, -0.15) is 0 Å². The fraction of sp³-hybridized carbons (Fsp3) is 0.789. The van der Waals surface area contributed by atoms with E-state index in [1.165, 1.54) is 0 Å². The van der Waals surface area contributed by atoms with Gasteiger partial charge in [-0.3, -0.25) is 4.99 Å². The van der Waals surface area contributed by atoms with Gasteiger partial charge < -0.3 is 24.8 Å². The van der Waals surface area contributed by atoms with E-state index in [9.17, 15) is 0 Å². The zero-order valence-electron chi connectivity index (χ0n) is 17.1. The first kappa shape index (κ1) is 24.2. The van der Waals surface area contributed by atoms with Crippen molar-refractivity contribution >= 4 is 29.9 Å². The summed E-state index contributed by atoms with van der Waals surface area (Å²) in [5, 5.41) is 6.99. The normalized spacial score (nSPS) is 16.2. The molecule has 1 aliphatic heterocycles. The van der Waals surface area contributed by atoms with E-state index in [0.717, 1.165) is 83.3 Å². The molecule has 8 heteroatoms. The average molecular weight is 492 g/mol. The number of aromatic nitrogens is 2. The van der Waals surface area contributed by atoms with E-state index < -0.39 is 0 Å². The Morgan fingerprint density at radius 3 is 2.70 bits per heavy atom. The maximum atomic E-state index is 5.17. The molecule has 156 valence electrons. The lowest BCUT2D eigenvalue weighted by Crippen LogP contribution is -2.49. The highest BCUT2D eigenvalue weighted by Gasteiger charge is 2.19. The molecule has 0 amide bonds. The van der Waals surface area contributed by atoms with Crippen molar-refractivity contribution in [1.29, 1.82) is 0 Å². The average Bonchev–Trinajstić information content (AvgIpc) is 3.06. The Bertz CT molecular complexity index is 528. The van der Waals surface area contributed by atoms with Crippen molar-refractivity contribution in [3.8, 4) is 0 Å². The lowest BCUT2D eigenvalue weighted by molar-refractivity contribution is 0.128. The molecule has 1 aromatic heterocycles. The maximum Gasteiger partial charge on any atom is 0.191 e. The zero-order valence-corrected chi connectivity index (χ0v) is 19.4. The zero-order chi connectivity index (χ0) is 18.6. The minimum Gasteiger partial charge on any atom is -0.383 e. The monoisotopic (exact) mass is 492 g/mol. The number of ether oxygens (including phenoxy) is 1. The fourth-order valence-corrected chi connectivity index (χ4v) is 3.26. The van der Waals surface area contributed by atoms with Crippen LogP contribution in [0.2, 0.25) is 0 Å². The number of likely N-dealkylation sites (tertiary alicyclic amines) is 1. The van der Waals surface area contributed by atoms with Gasteiger partial charge in [0.05, 0.1) is 6.61 Å². The highest BCUT2D eigenvalue weighted by atomic mass is 127. The van der Waals surface area contributed by atoms with Crippen molar-refractivity contribution in [2.75, 3.05) is 46.4 Å². The number of aliphatic imine (C=N–C) groups is 1. The maximum absolute atomic E-state index is 5.17. The molecule has 2 N–H and O–H groups in total. The van der Waals surface area contributed by atoms with Gasteiger partial charge >= 0.3 is 0 Å². The van der Waals surface area contributed by atoms with Gasteiger partial charge in [0, 0.05) is 64.8 Å². The van der Waals surface area contributed by atoms with E-state index in [4.69, 9.17) is 9.73 Å². The fourth-order valence-electron chi connectivity index (χ4n) is 3.26. The summed E-state index contributed by atoms with van der Waals surface area (Å²) in [6.45, 7) is 11.1. The van der Waals surface area contributed by atoms with Crippen LogP contribution >= 0.6 is 24.0 Å². The van der Waals surface area contributed by atoms with E-state index in [1.54, 1.807) is 7.11 Å². The smallest absolute Gasteiger partial charge is 0.191 e. The quantitative estimate of drug-likeness (QED) is 0.227. The molecule has 0 aromatic carbocycles. The number of methoxy groups -OCH3 is 1. The molecule has 0 radical (unpaired) electrons. The molecular weight excluding hydrogens is 455 g/mol. The molecule has 1 aliphatic rings. The Labute approximate surface area is 181 Å². The number of hydrogen-bond donors (Lipinski definition) is 2. The van der Waals surface area contributed by atoms with Crippen LogP contribution in [0, 0.1) is 6.92 Å². The molecular formula is C19H37IN6O.